The van der Waals surface area contributed by atoms with Crippen LogP contribution in [0.5, 0.6) is 11.5 Å². The van der Waals surface area contributed by atoms with E-state index in [0.717, 1.165) is 11.1 Å². The first-order valence-electron chi connectivity index (χ1n) is 8.00. The lowest BCUT2D eigenvalue weighted by Crippen LogP contribution is -2.00. The number of carbonyl (C=O) groups is 1. The molecule has 4 rings (SSSR count). The van der Waals surface area contributed by atoms with Crippen LogP contribution in [0.3, 0.4) is 0 Å². The monoisotopic (exact) mass is 332 g/mol. The second-order valence-corrected chi connectivity index (χ2v) is 5.84. The molecule has 0 atom stereocenters. The van der Waals surface area contributed by atoms with Gasteiger partial charge in [0.2, 0.25) is 5.78 Å². The molecule has 3 aromatic rings. The molecule has 1 aliphatic rings. The van der Waals surface area contributed by atoms with Crippen molar-refractivity contribution in [3.05, 3.63) is 89.1 Å². The number of Topliss-reactive ketones (excluding diaryl/α,β-unsaturated/α-hetero) is 1. The van der Waals surface area contributed by atoms with Crippen LogP contribution in [0.25, 0.3) is 6.08 Å². The molecule has 4 nitrogen and oxygen atoms in total. The molecule has 25 heavy (non-hydrogen) atoms. The summed E-state index contributed by atoms with van der Waals surface area (Å²) >= 11 is 0. The number of benzene rings is 2. The Hall–Kier alpha value is -3.27. The average molecular weight is 332 g/mol. The second kappa shape index (κ2) is 6.32. The molecule has 0 amide bonds. The van der Waals surface area contributed by atoms with Gasteiger partial charge in [-0.05, 0) is 36.2 Å². The van der Waals surface area contributed by atoms with Crippen molar-refractivity contribution in [3.8, 4) is 11.5 Å². The number of aryl methyl sites for hydroxylation is 1. The van der Waals surface area contributed by atoms with Crippen LogP contribution < -0.4 is 9.47 Å². The van der Waals surface area contributed by atoms with Gasteiger partial charge in [0.1, 0.15) is 23.9 Å². The molecule has 0 bridgehead atoms. The molecule has 2 heterocycles. The van der Waals surface area contributed by atoms with Crippen molar-refractivity contribution in [2.75, 3.05) is 0 Å². The first-order chi connectivity index (χ1) is 12.2. The van der Waals surface area contributed by atoms with Crippen LogP contribution in [0.15, 0.2) is 71.0 Å². The van der Waals surface area contributed by atoms with Crippen molar-refractivity contribution in [3.63, 3.8) is 0 Å². The molecule has 0 fully saturated rings. The van der Waals surface area contributed by atoms with Crippen LogP contribution in [0.4, 0.5) is 0 Å². The third-order valence-corrected chi connectivity index (χ3v) is 4.01. The number of carbonyl (C=O) groups excluding carboxylic acids is 1. The lowest BCUT2D eigenvalue weighted by molar-refractivity contribution is 0.101. The SMILES string of the molecule is Cc1cc(OCc2ccccc2)cc2c1C(=O)/C(=C/c1ccco1)O2. The summed E-state index contributed by atoms with van der Waals surface area (Å²) in [6.07, 6.45) is 3.16. The third-order valence-electron chi connectivity index (χ3n) is 4.01. The molecule has 4 heteroatoms. The van der Waals surface area contributed by atoms with E-state index in [1.54, 1.807) is 30.5 Å². The highest BCUT2D eigenvalue weighted by atomic mass is 16.5. The summed E-state index contributed by atoms with van der Waals surface area (Å²) < 4.78 is 16.8. The normalized spacial score (nSPS) is 14.4. The van der Waals surface area contributed by atoms with Crippen LogP contribution in [-0.4, -0.2) is 5.78 Å². The highest BCUT2D eigenvalue weighted by Gasteiger charge is 2.30. The Bertz CT molecular complexity index is 938. The van der Waals surface area contributed by atoms with Gasteiger partial charge in [-0.1, -0.05) is 30.3 Å². The molecule has 0 radical (unpaired) electrons. The number of furan rings is 1. The van der Waals surface area contributed by atoms with Gasteiger partial charge in [0, 0.05) is 12.1 Å². The fraction of sp³-hybridized carbons (Fsp3) is 0.0952. The van der Waals surface area contributed by atoms with Gasteiger partial charge in [0.05, 0.1) is 11.8 Å². The molecular weight excluding hydrogens is 316 g/mol. The molecule has 0 aliphatic carbocycles. The first-order valence-corrected chi connectivity index (χ1v) is 8.00. The maximum absolute atomic E-state index is 12.6. The lowest BCUT2D eigenvalue weighted by atomic mass is 10.0. The minimum Gasteiger partial charge on any atom is -0.489 e. The van der Waals surface area contributed by atoms with Gasteiger partial charge in [-0.2, -0.15) is 0 Å². The van der Waals surface area contributed by atoms with E-state index >= 15 is 0 Å². The van der Waals surface area contributed by atoms with Crippen molar-refractivity contribution in [1.29, 1.82) is 0 Å². The van der Waals surface area contributed by atoms with Crippen molar-refractivity contribution in [1.82, 2.24) is 0 Å². The Balaban J connectivity index is 1.58. The summed E-state index contributed by atoms with van der Waals surface area (Å²) in [4.78, 5) is 12.6. The molecule has 0 saturated carbocycles. The Morgan fingerprint density at radius 3 is 2.68 bits per heavy atom. The van der Waals surface area contributed by atoms with Crippen molar-refractivity contribution in [2.24, 2.45) is 0 Å². The molecule has 1 aromatic heterocycles. The van der Waals surface area contributed by atoms with E-state index < -0.39 is 0 Å². The van der Waals surface area contributed by atoms with Crippen LogP contribution in [0.1, 0.15) is 27.2 Å². The quantitative estimate of drug-likeness (QED) is 0.645. The predicted octanol–water partition coefficient (Wildman–Crippen LogP) is 4.78. The van der Waals surface area contributed by atoms with Gasteiger partial charge >= 0.3 is 0 Å². The number of allylic oxidation sites excluding steroid dienone is 1. The number of hydrogen-bond acceptors (Lipinski definition) is 4. The Kier molecular flexibility index (Phi) is 3.86. The zero-order valence-electron chi connectivity index (χ0n) is 13.7. The topological polar surface area (TPSA) is 48.7 Å². The minimum atomic E-state index is -0.140. The number of rotatable bonds is 4. The van der Waals surface area contributed by atoms with E-state index in [2.05, 4.69) is 0 Å². The number of fused-ring (bicyclic) bond motifs is 1. The average Bonchev–Trinajstić information content (AvgIpc) is 3.23. The maximum Gasteiger partial charge on any atom is 0.232 e. The first kappa shape index (κ1) is 15.3. The van der Waals surface area contributed by atoms with E-state index in [1.165, 1.54) is 0 Å². The van der Waals surface area contributed by atoms with Crippen molar-refractivity contribution >= 4 is 11.9 Å². The van der Waals surface area contributed by atoms with Crippen LogP contribution in [-0.2, 0) is 6.61 Å². The van der Waals surface area contributed by atoms with Gasteiger partial charge in [0.15, 0.2) is 5.76 Å². The van der Waals surface area contributed by atoms with E-state index in [1.807, 2.05) is 43.3 Å². The fourth-order valence-corrected chi connectivity index (χ4v) is 2.80. The van der Waals surface area contributed by atoms with E-state index in [9.17, 15) is 4.79 Å². The van der Waals surface area contributed by atoms with Gasteiger partial charge in [-0.25, -0.2) is 0 Å². The van der Waals surface area contributed by atoms with Gasteiger partial charge in [-0.3, -0.25) is 4.79 Å². The Morgan fingerprint density at radius 1 is 1.08 bits per heavy atom. The number of hydrogen-bond donors (Lipinski definition) is 0. The summed E-state index contributed by atoms with van der Waals surface area (Å²) in [5.74, 6) is 1.89. The largest absolute Gasteiger partial charge is 0.489 e. The van der Waals surface area contributed by atoms with E-state index in [-0.39, 0.29) is 11.5 Å². The zero-order valence-corrected chi connectivity index (χ0v) is 13.7. The second-order valence-electron chi connectivity index (χ2n) is 5.84. The summed E-state index contributed by atoms with van der Waals surface area (Å²) in [5, 5.41) is 0. The Labute approximate surface area is 145 Å². The molecule has 1 aliphatic heterocycles. The van der Waals surface area contributed by atoms with Crippen LogP contribution >= 0.6 is 0 Å². The molecule has 0 unspecified atom stereocenters. The molecule has 0 N–H and O–H groups in total. The van der Waals surface area contributed by atoms with Gasteiger partial charge in [-0.15, -0.1) is 0 Å². The Morgan fingerprint density at radius 2 is 1.92 bits per heavy atom. The van der Waals surface area contributed by atoms with E-state index in [4.69, 9.17) is 13.9 Å². The highest BCUT2D eigenvalue weighted by Crippen LogP contribution is 2.37. The predicted molar refractivity (Wildman–Crippen MR) is 93.6 cm³/mol. The molecular formula is C21H16O4. The van der Waals surface area contributed by atoms with Crippen molar-refractivity contribution < 1.29 is 18.7 Å². The lowest BCUT2D eigenvalue weighted by Gasteiger charge is -2.09. The molecule has 0 saturated heterocycles. The summed E-state index contributed by atoms with van der Waals surface area (Å²) in [6, 6.07) is 17.1. The van der Waals surface area contributed by atoms with Gasteiger partial charge < -0.3 is 13.9 Å². The van der Waals surface area contributed by atoms with Crippen LogP contribution in [0.2, 0.25) is 0 Å². The number of ether oxygens (including phenoxy) is 2. The van der Waals surface area contributed by atoms with E-state index in [0.29, 0.717) is 29.4 Å². The third kappa shape index (κ3) is 3.06. The minimum absolute atomic E-state index is 0.140. The molecule has 2 aromatic carbocycles. The standard InChI is InChI=1S/C21H16O4/c1-14-10-17(24-13-15-6-3-2-4-7-15)12-18-20(14)21(22)19(25-18)11-16-8-5-9-23-16/h2-12H,13H2,1H3/b19-11-. The van der Waals surface area contributed by atoms with Gasteiger partial charge in [0.25, 0.3) is 0 Å². The molecule has 124 valence electrons. The summed E-state index contributed by atoms with van der Waals surface area (Å²) in [5.41, 5.74) is 2.48. The highest BCUT2D eigenvalue weighted by molar-refractivity contribution is 6.15. The zero-order chi connectivity index (χ0) is 17.2. The molecule has 0 spiro atoms. The number of ketones is 1. The summed E-state index contributed by atoms with van der Waals surface area (Å²) in [6.45, 7) is 2.34. The maximum atomic E-state index is 12.6. The summed E-state index contributed by atoms with van der Waals surface area (Å²) in [7, 11) is 0. The fourth-order valence-electron chi connectivity index (χ4n) is 2.80. The smallest absolute Gasteiger partial charge is 0.232 e. The van der Waals surface area contributed by atoms with Crippen molar-refractivity contribution in [2.45, 2.75) is 13.5 Å². The van der Waals surface area contributed by atoms with Crippen LogP contribution in [0, 0.1) is 6.92 Å².